The van der Waals surface area contributed by atoms with Gasteiger partial charge in [0, 0.05) is 33.1 Å². The van der Waals surface area contributed by atoms with E-state index in [9.17, 15) is 4.79 Å². The number of hydrogen-bond acceptors (Lipinski definition) is 4. The highest BCUT2D eigenvalue weighted by molar-refractivity contribution is 5.73. The number of hydrogen-bond donors (Lipinski definition) is 1. The van der Waals surface area contributed by atoms with Gasteiger partial charge in [0.05, 0.1) is 24.5 Å². The minimum Gasteiger partial charge on any atom is -0.466 e. The number of carbonyl (C=O) groups is 1. The van der Waals surface area contributed by atoms with Crippen LogP contribution in [0.15, 0.2) is 22.6 Å². The Bertz CT molecular complexity index is 749. The van der Waals surface area contributed by atoms with E-state index in [1.807, 2.05) is 13.0 Å². The van der Waals surface area contributed by atoms with Crippen molar-refractivity contribution in [3.63, 3.8) is 0 Å². The van der Waals surface area contributed by atoms with Crippen molar-refractivity contribution >= 4 is 6.03 Å². The average Bonchev–Trinajstić information content (AvgIpc) is 3.22. The molecule has 0 aliphatic carbocycles. The van der Waals surface area contributed by atoms with Gasteiger partial charge in [-0.15, -0.1) is 0 Å². The molecule has 1 atom stereocenters. The zero-order valence-electron chi connectivity index (χ0n) is 16.2. The van der Waals surface area contributed by atoms with Crippen LogP contribution in [0.1, 0.15) is 42.2 Å². The predicted molar refractivity (Wildman–Crippen MR) is 99.9 cm³/mol. The molecule has 0 aromatic carbocycles. The van der Waals surface area contributed by atoms with Crippen molar-refractivity contribution in [2.24, 2.45) is 0 Å². The summed E-state index contributed by atoms with van der Waals surface area (Å²) >= 11 is 0. The molecule has 3 rings (SSSR count). The lowest BCUT2D eigenvalue weighted by atomic mass is 10.0. The number of rotatable bonds is 6. The molecule has 142 valence electrons. The van der Waals surface area contributed by atoms with Crippen molar-refractivity contribution < 1.29 is 9.21 Å². The number of fused-ring (bicyclic) bond motifs is 1. The Balaban J connectivity index is 1.50. The Labute approximate surface area is 154 Å². The lowest BCUT2D eigenvalue weighted by Gasteiger charge is -2.28. The lowest BCUT2D eigenvalue weighted by molar-refractivity contribution is 0.204. The van der Waals surface area contributed by atoms with E-state index in [-0.39, 0.29) is 6.03 Å². The van der Waals surface area contributed by atoms with Gasteiger partial charge < -0.3 is 14.6 Å². The fourth-order valence-electron chi connectivity index (χ4n) is 3.22. The quantitative estimate of drug-likeness (QED) is 0.861. The Morgan fingerprint density at radius 1 is 1.38 bits per heavy atom. The molecular weight excluding hydrogens is 330 g/mol. The first-order valence-electron chi connectivity index (χ1n) is 9.22. The third-order valence-electron chi connectivity index (χ3n) is 4.88. The molecule has 0 bridgehead atoms. The van der Waals surface area contributed by atoms with Gasteiger partial charge in [-0.05, 0) is 38.1 Å². The molecule has 0 saturated heterocycles. The van der Waals surface area contributed by atoms with Crippen LogP contribution < -0.4 is 5.32 Å². The van der Waals surface area contributed by atoms with Crippen molar-refractivity contribution in [1.82, 2.24) is 24.9 Å². The minimum atomic E-state index is -0.0975. The number of nitrogens with one attached hydrogen (secondary N) is 1. The van der Waals surface area contributed by atoms with Gasteiger partial charge in [0.1, 0.15) is 11.5 Å². The molecule has 1 aliphatic heterocycles. The van der Waals surface area contributed by atoms with Gasteiger partial charge >= 0.3 is 6.03 Å². The van der Waals surface area contributed by atoms with Crippen LogP contribution in [0, 0.1) is 6.92 Å². The third kappa shape index (κ3) is 4.46. The fraction of sp³-hybridized carbons (Fsp3) is 0.579. The van der Waals surface area contributed by atoms with Crippen molar-refractivity contribution in [2.45, 2.75) is 45.8 Å². The first-order valence-corrected chi connectivity index (χ1v) is 9.22. The molecule has 0 spiro atoms. The molecule has 0 fully saturated rings. The van der Waals surface area contributed by atoms with Gasteiger partial charge in [0.2, 0.25) is 0 Å². The monoisotopic (exact) mass is 359 g/mol. The highest BCUT2D eigenvalue weighted by atomic mass is 16.3. The second kappa shape index (κ2) is 7.95. The summed E-state index contributed by atoms with van der Waals surface area (Å²) in [5.74, 6) is 2.47. The third-order valence-corrected chi connectivity index (χ3v) is 4.88. The Kier molecular flexibility index (Phi) is 5.66. The zero-order valence-corrected chi connectivity index (χ0v) is 16.2. The lowest BCUT2D eigenvalue weighted by Crippen LogP contribution is -2.35. The van der Waals surface area contributed by atoms with E-state index in [4.69, 9.17) is 4.42 Å². The van der Waals surface area contributed by atoms with E-state index in [1.165, 1.54) is 10.6 Å². The van der Waals surface area contributed by atoms with E-state index in [1.54, 1.807) is 14.1 Å². The summed E-state index contributed by atoms with van der Waals surface area (Å²) in [4.78, 5) is 15.6. The van der Waals surface area contributed by atoms with Crippen molar-refractivity contribution in [1.29, 1.82) is 0 Å². The number of aryl methyl sites for hydroxylation is 1. The summed E-state index contributed by atoms with van der Waals surface area (Å²) in [7, 11) is 3.47. The number of nitrogens with zero attached hydrogens (tertiary/aromatic N) is 4. The highest BCUT2D eigenvalue weighted by Crippen LogP contribution is 2.23. The largest absolute Gasteiger partial charge is 0.466 e. The number of furan rings is 1. The molecule has 0 unspecified atom stereocenters. The van der Waals surface area contributed by atoms with E-state index >= 15 is 0 Å². The summed E-state index contributed by atoms with van der Waals surface area (Å²) in [5, 5.41) is 7.47. The van der Waals surface area contributed by atoms with Crippen LogP contribution in [-0.4, -0.2) is 52.8 Å². The smallest absolute Gasteiger partial charge is 0.317 e. The van der Waals surface area contributed by atoms with Gasteiger partial charge in [0.15, 0.2) is 0 Å². The molecule has 1 aliphatic rings. The van der Waals surface area contributed by atoms with Gasteiger partial charge in [-0.3, -0.25) is 9.58 Å². The van der Waals surface area contributed by atoms with Gasteiger partial charge in [0.25, 0.3) is 0 Å². The SMILES string of the molecule is Cc1ccc([C@@H](C)CCN2CCn3nc(CNC(=O)N(C)C)cc3C2)o1. The summed E-state index contributed by atoms with van der Waals surface area (Å²) in [6, 6.07) is 6.11. The van der Waals surface area contributed by atoms with E-state index in [0.29, 0.717) is 12.5 Å². The standard InChI is InChI=1S/C19H29N5O2/c1-14(18-6-5-15(2)26-18)7-8-23-9-10-24-17(13-23)11-16(21-24)12-20-19(25)22(3)4/h5-6,11,14H,7-10,12-13H2,1-4H3,(H,20,25)/t14-/m0/s1. The van der Waals surface area contributed by atoms with Crippen LogP contribution in [0.4, 0.5) is 4.79 Å². The van der Waals surface area contributed by atoms with Crippen LogP contribution in [-0.2, 0) is 19.6 Å². The molecule has 0 radical (unpaired) electrons. The van der Waals surface area contributed by atoms with Crippen LogP contribution in [0.25, 0.3) is 0 Å². The first kappa shape index (κ1) is 18.5. The maximum atomic E-state index is 11.6. The second-order valence-corrected chi connectivity index (χ2v) is 7.32. The zero-order chi connectivity index (χ0) is 18.7. The van der Waals surface area contributed by atoms with Crippen LogP contribution in [0.3, 0.4) is 0 Å². The van der Waals surface area contributed by atoms with Crippen molar-refractivity contribution in [2.75, 3.05) is 27.2 Å². The Morgan fingerprint density at radius 3 is 2.88 bits per heavy atom. The molecular formula is C19H29N5O2. The minimum absolute atomic E-state index is 0.0975. The Morgan fingerprint density at radius 2 is 2.19 bits per heavy atom. The van der Waals surface area contributed by atoms with Gasteiger partial charge in [-0.2, -0.15) is 5.10 Å². The molecule has 26 heavy (non-hydrogen) atoms. The maximum absolute atomic E-state index is 11.6. The average molecular weight is 359 g/mol. The van der Waals surface area contributed by atoms with Gasteiger partial charge in [-0.25, -0.2) is 4.79 Å². The Hall–Kier alpha value is -2.28. The van der Waals surface area contributed by atoms with Gasteiger partial charge in [-0.1, -0.05) is 6.92 Å². The second-order valence-electron chi connectivity index (χ2n) is 7.32. The van der Waals surface area contributed by atoms with Crippen LogP contribution >= 0.6 is 0 Å². The normalized spacial score (nSPS) is 15.5. The summed E-state index contributed by atoms with van der Waals surface area (Å²) < 4.78 is 7.80. The van der Waals surface area contributed by atoms with E-state index in [0.717, 1.165) is 49.8 Å². The molecule has 7 heteroatoms. The van der Waals surface area contributed by atoms with Crippen molar-refractivity contribution in [3.05, 3.63) is 41.1 Å². The molecule has 2 aromatic rings. The maximum Gasteiger partial charge on any atom is 0.317 e. The molecule has 0 saturated carbocycles. The highest BCUT2D eigenvalue weighted by Gasteiger charge is 2.20. The summed E-state index contributed by atoms with van der Waals surface area (Å²) in [6.07, 6.45) is 1.08. The first-order chi connectivity index (χ1) is 12.4. The summed E-state index contributed by atoms with van der Waals surface area (Å²) in [5.41, 5.74) is 2.13. The number of urea groups is 1. The van der Waals surface area contributed by atoms with Crippen LogP contribution in [0.2, 0.25) is 0 Å². The molecule has 2 aromatic heterocycles. The number of amides is 2. The summed E-state index contributed by atoms with van der Waals surface area (Å²) in [6.45, 7) is 8.51. The molecule has 1 N–H and O–H groups in total. The fourth-order valence-corrected chi connectivity index (χ4v) is 3.22. The number of carbonyl (C=O) groups excluding carboxylic acids is 1. The molecule has 7 nitrogen and oxygen atoms in total. The van der Waals surface area contributed by atoms with E-state index < -0.39 is 0 Å². The van der Waals surface area contributed by atoms with E-state index in [2.05, 4.69) is 39.1 Å². The predicted octanol–water partition coefficient (Wildman–Crippen LogP) is 2.57. The molecule has 3 heterocycles. The van der Waals surface area contributed by atoms with Crippen LogP contribution in [0.5, 0.6) is 0 Å². The van der Waals surface area contributed by atoms with Crippen molar-refractivity contribution in [3.8, 4) is 0 Å². The topological polar surface area (TPSA) is 66.5 Å². The number of aromatic nitrogens is 2. The molecule has 2 amide bonds.